The van der Waals surface area contributed by atoms with Gasteiger partial charge in [0.2, 0.25) is 0 Å². The lowest BCUT2D eigenvalue weighted by Gasteiger charge is -2.32. The number of aromatic nitrogens is 3. The van der Waals surface area contributed by atoms with Crippen molar-refractivity contribution in [1.82, 2.24) is 25.2 Å². The molecule has 160 valence electrons. The maximum atomic E-state index is 13.0. The Hall–Kier alpha value is -3.19. The number of carbonyl (C=O) groups is 1. The number of hydrogen-bond acceptors (Lipinski definition) is 5. The minimum atomic E-state index is -0.294. The number of likely N-dealkylation sites (tertiary alicyclic amines) is 1. The monoisotopic (exact) mass is 419 g/mol. The predicted octanol–water partition coefficient (Wildman–Crippen LogP) is 3.63. The third kappa shape index (κ3) is 5.49. The zero-order valence-corrected chi connectivity index (χ0v) is 17.6. The molecule has 0 saturated carbocycles. The first-order valence-electron chi connectivity index (χ1n) is 10.6. The van der Waals surface area contributed by atoms with Crippen LogP contribution >= 0.6 is 0 Å². The number of amides is 1. The molecule has 3 heterocycles. The standard InChI is InChI=1S/C24H26FN5O/c1-17-22(24(31)28-13-18-4-6-21(25)7-5-18)14-27-23(29-17)20-3-2-12-30(16-20)15-19-8-10-26-11-9-19/h4-11,14,20H,2-3,12-13,15-16H2,1H3,(H,28,31). The highest BCUT2D eigenvalue weighted by Crippen LogP contribution is 2.26. The van der Waals surface area contributed by atoms with Gasteiger partial charge in [0.25, 0.3) is 5.91 Å². The number of nitrogens with one attached hydrogen (secondary N) is 1. The van der Waals surface area contributed by atoms with Gasteiger partial charge in [0.05, 0.1) is 11.3 Å². The summed E-state index contributed by atoms with van der Waals surface area (Å²) in [6, 6.07) is 10.2. The van der Waals surface area contributed by atoms with Crippen molar-refractivity contribution in [2.45, 2.75) is 38.8 Å². The number of hydrogen-bond donors (Lipinski definition) is 1. The van der Waals surface area contributed by atoms with E-state index in [4.69, 9.17) is 0 Å². The molecule has 1 aliphatic heterocycles. The maximum absolute atomic E-state index is 13.0. The lowest BCUT2D eigenvalue weighted by molar-refractivity contribution is 0.0949. The van der Waals surface area contributed by atoms with Crippen molar-refractivity contribution in [3.63, 3.8) is 0 Å². The third-order valence-corrected chi connectivity index (χ3v) is 5.64. The summed E-state index contributed by atoms with van der Waals surface area (Å²) in [5.41, 5.74) is 3.23. The summed E-state index contributed by atoms with van der Waals surface area (Å²) in [5, 5.41) is 2.85. The van der Waals surface area contributed by atoms with Crippen LogP contribution in [0.15, 0.2) is 55.0 Å². The van der Waals surface area contributed by atoms with Crippen molar-refractivity contribution in [2.75, 3.05) is 13.1 Å². The first kappa shape index (κ1) is 21.1. The molecule has 1 fully saturated rings. The van der Waals surface area contributed by atoms with Gasteiger partial charge >= 0.3 is 0 Å². The zero-order chi connectivity index (χ0) is 21.6. The molecular formula is C24H26FN5O. The van der Waals surface area contributed by atoms with Crippen LogP contribution in [-0.4, -0.2) is 38.8 Å². The number of piperidine rings is 1. The average molecular weight is 420 g/mol. The zero-order valence-electron chi connectivity index (χ0n) is 17.6. The van der Waals surface area contributed by atoms with E-state index < -0.39 is 0 Å². The second-order valence-corrected chi connectivity index (χ2v) is 7.97. The van der Waals surface area contributed by atoms with Gasteiger partial charge < -0.3 is 5.32 Å². The first-order chi connectivity index (χ1) is 15.1. The van der Waals surface area contributed by atoms with Gasteiger partial charge in [0.1, 0.15) is 11.6 Å². The van der Waals surface area contributed by atoms with Gasteiger partial charge in [-0.2, -0.15) is 0 Å². The average Bonchev–Trinajstić information content (AvgIpc) is 2.79. The quantitative estimate of drug-likeness (QED) is 0.661. The van der Waals surface area contributed by atoms with Crippen LogP contribution in [0.5, 0.6) is 0 Å². The van der Waals surface area contributed by atoms with Crippen molar-refractivity contribution in [3.8, 4) is 0 Å². The minimum absolute atomic E-state index is 0.226. The molecule has 1 amide bonds. The minimum Gasteiger partial charge on any atom is -0.348 e. The molecule has 0 bridgehead atoms. The fourth-order valence-corrected chi connectivity index (χ4v) is 3.94. The number of aryl methyl sites for hydroxylation is 1. The number of pyridine rings is 1. The van der Waals surface area contributed by atoms with Crippen LogP contribution in [0.4, 0.5) is 4.39 Å². The summed E-state index contributed by atoms with van der Waals surface area (Å²) in [6.07, 6.45) is 7.41. The van der Waals surface area contributed by atoms with Gasteiger partial charge in [-0.05, 0) is 61.7 Å². The smallest absolute Gasteiger partial charge is 0.254 e. The van der Waals surface area contributed by atoms with E-state index in [0.29, 0.717) is 17.8 Å². The molecule has 4 rings (SSSR count). The Morgan fingerprint density at radius 3 is 2.68 bits per heavy atom. The topological polar surface area (TPSA) is 71.0 Å². The van der Waals surface area contributed by atoms with Crippen molar-refractivity contribution in [2.24, 2.45) is 0 Å². The molecule has 7 heteroatoms. The lowest BCUT2D eigenvalue weighted by Crippen LogP contribution is -2.34. The van der Waals surface area contributed by atoms with Crippen LogP contribution in [0, 0.1) is 12.7 Å². The summed E-state index contributed by atoms with van der Waals surface area (Å²) >= 11 is 0. The number of nitrogens with zero attached hydrogens (tertiary/aromatic N) is 4. The van der Waals surface area contributed by atoms with Crippen molar-refractivity contribution >= 4 is 5.91 Å². The van der Waals surface area contributed by atoms with E-state index >= 15 is 0 Å². The Morgan fingerprint density at radius 1 is 1.16 bits per heavy atom. The fraction of sp³-hybridized carbons (Fsp3) is 0.333. The molecule has 0 radical (unpaired) electrons. The Morgan fingerprint density at radius 2 is 1.94 bits per heavy atom. The third-order valence-electron chi connectivity index (χ3n) is 5.64. The van der Waals surface area contributed by atoms with E-state index in [1.807, 2.05) is 31.5 Å². The van der Waals surface area contributed by atoms with Gasteiger partial charge in [-0.1, -0.05) is 12.1 Å². The van der Waals surface area contributed by atoms with Gasteiger partial charge in [-0.25, -0.2) is 14.4 Å². The summed E-state index contributed by atoms with van der Waals surface area (Å²) < 4.78 is 13.0. The molecule has 1 aromatic carbocycles. The molecule has 1 aliphatic rings. The van der Waals surface area contributed by atoms with Crippen molar-refractivity contribution in [3.05, 3.63) is 89.0 Å². The van der Waals surface area contributed by atoms with Gasteiger partial charge in [0, 0.05) is 44.1 Å². The summed E-state index contributed by atoms with van der Waals surface area (Å²) in [5.74, 6) is 0.533. The van der Waals surface area contributed by atoms with Gasteiger partial charge in [0.15, 0.2) is 0 Å². The molecule has 2 aromatic heterocycles. The summed E-state index contributed by atoms with van der Waals surface area (Å²) in [4.78, 5) is 28.3. The molecule has 1 N–H and O–H groups in total. The van der Waals surface area contributed by atoms with Crippen LogP contribution in [0.25, 0.3) is 0 Å². The molecule has 0 spiro atoms. The highest BCUT2D eigenvalue weighted by Gasteiger charge is 2.24. The molecule has 1 saturated heterocycles. The molecule has 1 atom stereocenters. The van der Waals surface area contributed by atoms with Crippen molar-refractivity contribution in [1.29, 1.82) is 0 Å². The Bertz CT molecular complexity index is 1030. The molecule has 1 unspecified atom stereocenters. The largest absolute Gasteiger partial charge is 0.348 e. The van der Waals surface area contributed by atoms with E-state index in [0.717, 1.165) is 43.9 Å². The van der Waals surface area contributed by atoms with Gasteiger partial charge in [-0.3, -0.25) is 14.7 Å². The summed E-state index contributed by atoms with van der Waals surface area (Å²) in [7, 11) is 0. The number of carbonyl (C=O) groups excluding carboxylic acids is 1. The number of rotatable bonds is 6. The Kier molecular flexibility index (Phi) is 6.62. The van der Waals surface area contributed by atoms with E-state index in [-0.39, 0.29) is 17.6 Å². The predicted molar refractivity (Wildman–Crippen MR) is 116 cm³/mol. The molecule has 6 nitrogen and oxygen atoms in total. The second-order valence-electron chi connectivity index (χ2n) is 7.97. The normalized spacial score (nSPS) is 16.8. The maximum Gasteiger partial charge on any atom is 0.254 e. The lowest BCUT2D eigenvalue weighted by atomic mass is 9.96. The van der Waals surface area contributed by atoms with Crippen LogP contribution in [0.2, 0.25) is 0 Å². The van der Waals surface area contributed by atoms with Crippen LogP contribution in [0.1, 0.15) is 51.8 Å². The molecular weight excluding hydrogens is 393 g/mol. The van der Waals surface area contributed by atoms with E-state index in [1.165, 1.54) is 17.7 Å². The van der Waals surface area contributed by atoms with E-state index in [1.54, 1.807) is 18.3 Å². The Labute approximate surface area is 181 Å². The highest BCUT2D eigenvalue weighted by atomic mass is 19.1. The first-order valence-corrected chi connectivity index (χ1v) is 10.6. The highest BCUT2D eigenvalue weighted by molar-refractivity contribution is 5.94. The van der Waals surface area contributed by atoms with E-state index in [2.05, 4.69) is 25.2 Å². The number of halogens is 1. The molecule has 3 aromatic rings. The van der Waals surface area contributed by atoms with E-state index in [9.17, 15) is 9.18 Å². The van der Waals surface area contributed by atoms with Crippen LogP contribution in [0.3, 0.4) is 0 Å². The molecule has 0 aliphatic carbocycles. The SMILES string of the molecule is Cc1nc(C2CCCN(Cc3ccncc3)C2)ncc1C(=O)NCc1ccc(F)cc1. The van der Waals surface area contributed by atoms with Crippen LogP contribution in [-0.2, 0) is 13.1 Å². The number of benzene rings is 1. The molecule has 31 heavy (non-hydrogen) atoms. The fourth-order valence-electron chi connectivity index (χ4n) is 3.94. The second kappa shape index (κ2) is 9.75. The summed E-state index contributed by atoms with van der Waals surface area (Å²) in [6.45, 7) is 5.02. The Balaban J connectivity index is 1.38. The van der Waals surface area contributed by atoms with Crippen molar-refractivity contribution < 1.29 is 9.18 Å². The van der Waals surface area contributed by atoms with Gasteiger partial charge in [-0.15, -0.1) is 0 Å². The van der Waals surface area contributed by atoms with Crippen LogP contribution < -0.4 is 5.32 Å².